The van der Waals surface area contributed by atoms with E-state index in [1.165, 1.54) is 10.3 Å². The van der Waals surface area contributed by atoms with Crippen molar-refractivity contribution in [2.75, 3.05) is 6.54 Å². The van der Waals surface area contributed by atoms with Crippen molar-refractivity contribution in [1.29, 1.82) is 0 Å². The Hall–Kier alpha value is -1.79. The molecule has 0 bridgehead atoms. The van der Waals surface area contributed by atoms with E-state index in [1.807, 2.05) is 6.20 Å². The average Bonchev–Trinajstić information content (AvgIpc) is 3.13. The molecular weight excluding hydrogens is 270 g/mol. The molecule has 0 aliphatic rings. The molecule has 3 aromatic heterocycles. The van der Waals surface area contributed by atoms with Crippen molar-refractivity contribution < 1.29 is 0 Å². The standard InChI is InChI=1S/C14H17N5S/c1-10(15-5-2-3-14-17-9-18-19-14)11-7-13-12(16-8-11)4-6-20-13/h4,6-10,15H,2-3,5H2,1H3,(H,17,18,19). The van der Waals surface area contributed by atoms with Gasteiger partial charge in [-0.3, -0.25) is 10.1 Å². The Kier molecular flexibility index (Phi) is 4.03. The topological polar surface area (TPSA) is 66.5 Å². The predicted molar refractivity (Wildman–Crippen MR) is 80.7 cm³/mol. The van der Waals surface area contributed by atoms with Crippen molar-refractivity contribution in [3.8, 4) is 0 Å². The first kappa shape index (κ1) is 13.2. The van der Waals surface area contributed by atoms with Crippen LogP contribution in [0.25, 0.3) is 10.2 Å². The zero-order valence-corrected chi connectivity index (χ0v) is 12.2. The highest BCUT2D eigenvalue weighted by atomic mass is 32.1. The maximum atomic E-state index is 4.48. The van der Waals surface area contributed by atoms with E-state index in [0.717, 1.165) is 30.7 Å². The van der Waals surface area contributed by atoms with Gasteiger partial charge in [-0.05, 0) is 43.0 Å². The number of fused-ring (bicyclic) bond motifs is 1. The number of rotatable bonds is 6. The lowest BCUT2D eigenvalue weighted by molar-refractivity contribution is 0.554. The van der Waals surface area contributed by atoms with Gasteiger partial charge in [-0.2, -0.15) is 5.10 Å². The number of aromatic nitrogens is 4. The summed E-state index contributed by atoms with van der Waals surface area (Å²) in [6.45, 7) is 3.12. The summed E-state index contributed by atoms with van der Waals surface area (Å²) in [5.74, 6) is 0.945. The molecule has 0 aromatic carbocycles. The van der Waals surface area contributed by atoms with Crippen LogP contribution in [0.15, 0.2) is 30.0 Å². The number of aromatic amines is 1. The number of pyridine rings is 1. The highest BCUT2D eigenvalue weighted by Gasteiger charge is 2.07. The van der Waals surface area contributed by atoms with Crippen LogP contribution in [0, 0.1) is 0 Å². The van der Waals surface area contributed by atoms with E-state index in [9.17, 15) is 0 Å². The molecule has 0 fully saturated rings. The highest BCUT2D eigenvalue weighted by Crippen LogP contribution is 2.22. The molecule has 3 rings (SSSR count). The molecule has 0 spiro atoms. The van der Waals surface area contributed by atoms with Gasteiger partial charge >= 0.3 is 0 Å². The van der Waals surface area contributed by atoms with Gasteiger partial charge < -0.3 is 5.32 Å². The average molecular weight is 287 g/mol. The Morgan fingerprint density at radius 2 is 2.35 bits per heavy atom. The van der Waals surface area contributed by atoms with Crippen LogP contribution in [0.3, 0.4) is 0 Å². The molecule has 20 heavy (non-hydrogen) atoms. The number of thiophene rings is 1. The highest BCUT2D eigenvalue weighted by molar-refractivity contribution is 7.17. The maximum Gasteiger partial charge on any atom is 0.137 e. The van der Waals surface area contributed by atoms with Crippen LogP contribution in [-0.4, -0.2) is 26.7 Å². The summed E-state index contributed by atoms with van der Waals surface area (Å²) in [4.78, 5) is 8.59. The van der Waals surface area contributed by atoms with Crippen LogP contribution in [-0.2, 0) is 6.42 Å². The van der Waals surface area contributed by atoms with Crippen molar-refractivity contribution in [3.05, 3.63) is 41.4 Å². The SMILES string of the molecule is CC(NCCCc1ncn[nH]1)c1cnc2ccsc2c1. The van der Waals surface area contributed by atoms with Crippen molar-refractivity contribution in [3.63, 3.8) is 0 Å². The Morgan fingerprint density at radius 3 is 3.20 bits per heavy atom. The third-order valence-electron chi connectivity index (χ3n) is 3.33. The third kappa shape index (κ3) is 3.02. The second-order valence-electron chi connectivity index (χ2n) is 4.78. The van der Waals surface area contributed by atoms with E-state index < -0.39 is 0 Å². The van der Waals surface area contributed by atoms with Crippen LogP contribution < -0.4 is 5.32 Å². The first-order chi connectivity index (χ1) is 9.83. The minimum atomic E-state index is 0.309. The van der Waals surface area contributed by atoms with E-state index in [4.69, 9.17) is 0 Å². The Labute approximate surface area is 121 Å². The largest absolute Gasteiger partial charge is 0.310 e. The summed E-state index contributed by atoms with van der Waals surface area (Å²) < 4.78 is 1.25. The Balaban J connectivity index is 1.51. The van der Waals surface area contributed by atoms with Gasteiger partial charge in [0, 0.05) is 18.7 Å². The van der Waals surface area contributed by atoms with Gasteiger partial charge in [0.15, 0.2) is 0 Å². The third-order valence-corrected chi connectivity index (χ3v) is 4.18. The number of nitrogens with one attached hydrogen (secondary N) is 2. The molecule has 104 valence electrons. The summed E-state index contributed by atoms with van der Waals surface area (Å²) in [5, 5.41) is 12.3. The molecule has 1 atom stereocenters. The summed E-state index contributed by atoms with van der Waals surface area (Å²) in [6, 6.07) is 4.59. The fraction of sp³-hybridized carbons (Fsp3) is 0.357. The molecule has 6 heteroatoms. The summed E-state index contributed by atoms with van der Waals surface area (Å²) in [7, 11) is 0. The lowest BCUT2D eigenvalue weighted by Crippen LogP contribution is -2.20. The fourth-order valence-electron chi connectivity index (χ4n) is 2.14. The lowest BCUT2D eigenvalue weighted by atomic mass is 10.1. The molecule has 3 heterocycles. The number of hydrogen-bond acceptors (Lipinski definition) is 5. The quantitative estimate of drug-likeness (QED) is 0.684. The van der Waals surface area contributed by atoms with E-state index >= 15 is 0 Å². The Bertz CT molecular complexity index is 661. The summed E-state index contributed by atoms with van der Waals surface area (Å²) in [5.41, 5.74) is 2.32. The molecule has 3 aromatic rings. The van der Waals surface area contributed by atoms with E-state index in [-0.39, 0.29) is 0 Å². The minimum Gasteiger partial charge on any atom is -0.310 e. The predicted octanol–water partition coefficient (Wildman–Crippen LogP) is 2.70. The second-order valence-corrected chi connectivity index (χ2v) is 5.73. The van der Waals surface area contributed by atoms with E-state index in [2.05, 4.69) is 49.9 Å². The Morgan fingerprint density at radius 1 is 1.40 bits per heavy atom. The molecule has 0 radical (unpaired) electrons. The summed E-state index contributed by atoms with van der Waals surface area (Å²) in [6.07, 6.45) is 5.46. The molecule has 0 aliphatic carbocycles. The first-order valence-electron chi connectivity index (χ1n) is 6.74. The van der Waals surface area contributed by atoms with E-state index in [1.54, 1.807) is 17.7 Å². The molecular formula is C14H17N5S. The zero-order valence-electron chi connectivity index (χ0n) is 11.3. The van der Waals surface area contributed by atoms with Gasteiger partial charge in [0.1, 0.15) is 12.2 Å². The van der Waals surface area contributed by atoms with Crippen LogP contribution in [0.5, 0.6) is 0 Å². The van der Waals surface area contributed by atoms with Gasteiger partial charge in [0.05, 0.1) is 10.2 Å². The van der Waals surface area contributed by atoms with Gasteiger partial charge in [0.25, 0.3) is 0 Å². The van der Waals surface area contributed by atoms with Crippen molar-refractivity contribution in [2.45, 2.75) is 25.8 Å². The second kappa shape index (κ2) is 6.11. The molecule has 0 saturated heterocycles. The summed E-state index contributed by atoms with van der Waals surface area (Å²) >= 11 is 1.74. The van der Waals surface area contributed by atoms with Crippen LogP contribution in [0.4, 0.5) is 0 Å². The van der Waals surface area contributed by atoms with Crippen molar-refractivity contribution in [1.82, 2.24) is 25.5 Å². The van der Waals surface area contributed by atoms with Gasteiger partial charge in [-0.15, -0.1) is 11.3 Å². The maximum absolute atomic E-state index is 4.48. The minimum absolute atomic E-state index is 0.309. The first-order valence-corrected chi connectivity index (χ1v) is 7.61. The molecule has 0 aliphatic heterocycles. The van der Waals surface area contributed by atoms with Crippen molar-refractivity contribution in [2.24, 2.45) is 0 Å². The molecule has 5 nitrogen and oxygen atoms in total. The smallest absolute Gasteiger partial charge is 0.137 e. The van der Waals surface area contributed by atoms with Crippen molar-refractivity contribution >= 4 is 21.6 Å². The molecule has 0 saturated carbocycles. The molecule has 0 amide bonds. The number of H-pyrrole nitrogens is 1. The van der Waals surface area contributed by atoms with Crippen LogP contribution in [0.1, 0.15) is 30.8 Å². The van der Waals surface area contributed by atoms with E-state index in [0.29, 0.717) is 6.04 Å². The van der Waals surface area contributed by atoms with Gasteiger partial charge in [0.2, 0.25) is 0 Å². The molecule has 2 N–H and O–H groups in total. The zero-order chi connectivity index (χ0) is 13.8. The monoisotopic (exact) mass is 287 g/mol. The number of aryl methyl sites for hydroxylation is 1. The molecule has 1 unspecified atom stereocenters. The van der Waals surface area contributed by atoms with Gasteiger partial charge in [-0.1, -0.05) is 0 Å². The number of hydrogen-bond donors (Lipinski definition) is 2. The van der Waals surface area contributed by atoms with Crippen LogP contribution in [0.2, 0.25) is 0 Å². The lowest BCUT2D eigenvalue weighted by Gasteiger charge is -2.13. The normalized spacial score (nSPS) is 12.8. The fourth-order valence-corrected chi connectivity index (χ4v) is 2.93. The van der Waals surface area contributed by atoms with Gasteiger partial charge in [-0.25, -0.2) is 4.98 Å². The van der Waals surface area contributed by atoms with Crippen LogP contribution >= 0.6 is 11.3 Å². The number of nitrogens with zero attached hydrogens (tertiary/aromatic N) is 3.